The van der Waals surface area contributed by atoms with Gasteiger partial charge in [-0.25, -0.2) is 0 Å². The van der Waals surface area contributed by atoms with Gasteiger partial charge in [-0.2, -0.15) is 0 Å². The fourth-order valence-corrected chi connectivity index (χ4v) is 11.2. The summed E-state index contributed by atoms with van der Waals surface area (Å²) in [5.74, 6) is 0. The quantitative estimate of drug-likeness (QED) is 0.484. The summed E-state index contributed by atoms with van der Waals surface area (Å²) in [5.41, 5.74) is 8.62. The van der Waals surface area contributed by atoms with E-state index in [-0.39, 0.29) is 31.1 Å². The molecular weight excluding hydrogens is 438 g/mol. The maximum absolute atomic E-state index is 4.90. The minimum atomic E-state index is -2.18. The summed E-state index contributed by atoms with van der Waals surface area (Å²) in [4.78, 5) is 0. The fraction of sp³-hybridized carbons (Fsp3) is 0.261. The van der Waals surface area contributed by atoms with Gasteiger partial charge in [0.15, 0.2) is 0 Å². The molecule has 0 saturated carbocycles. The summed E-state index contributed by atoms with van der Waals surface area (Å²) in [6.07, 6.45) is 9.60. The Morgan fingerprint density at radius 1 is 0.731 bits per heavy atom. The predicted molar refractivity (Wildman–Crippen MR) is 117 cm³/mol. The number of benzene rings is 2. The molecule has 2 atom stereocenters. The molecule has 0 radical (unpaired) electrons. The first-order valence-electron chi connectivity index (χ1n) is 8.66. The van der Waals surface area contributed by atoms with Crippen LogP contribution in [0.1, 0.15) is 47.2 Å². The van der Waals surface area contributed by atoms with E-state index in [0.717, 1.165) is 0 Å². The second-order valence-corrected chi connectivity index (χ2v) is 15.1. The molecule has 26 heavy (non-hydrogen) atoms. The third kappa shape index (κ3) is 2.88. The fourth-order valence-electron chi connectivity index (χ4n) is 4.45. The molecule has 3 heteroatoms. The summed E-state index contributed by atoms with van der Waals surface area (Å²) in [6.45, 7) is 9.31. The molecule has 0 aromatic heterocycles. The van der Waals surface area contributed by atoms with Crippen LogP contribution >= 0.6 is 24.8 Å². The van der Waals surface area contributed by atoms with Gasteiger partial charge >= 0.3 is 154 Å². The summed E-state index contributed by atoms with van der Waals surface area (Å²) in [6, 6.07) is 13.5. The van der Waals surface area contributed by atoms with E-state index >= 15 is 0 Å². The van der Waals surface area contributed by atoms with Gasteiger partial charge in [0, 0.05) is 0 Å². The first-order valence-corrected chi connectivity index (χ1v) is 12.9. The van der Waals surface area contributed by atoms with Crippen LogP contribution in [0.15, 0.2) is 48.6 Å². The van der Waals surface area contributed by atoms with Crippen molar-refractivity contribution in [2.75, 3.05) is 0 Å². The predicted octanol–water partition coefficient (Wildman–Crippen LogP) is 6.38. The third-order valence-corrected chi connectivity index (χ3v) is 14.5. The van der Waals surface area contributed by atoms with E-state index in [9.17, 15) is 0 Å². The first kappa shape index (κ1) is 21.6. The van der Waals surface area contributed by atoms with Crippen LogP contribution < -0.4 is 0 Å². The second kappa shape index (κ2) is 7.35. The summed E-state index contributed by atoms with van der Waals surface area (Å²) in [5, 5.41) is 0. The number of fused-ring (bicyclic) bond motifs is 2. The van der Waals surface area contributed by atoms with Gasteiger partial charge in [0.25, 0.3) is 0 Å². The molecule has 4 rings (SSSR count). The maximum atomic E-state index is 4.90. The van der Waals surface area contributed by atoms with E-state index in [0.29, 0.717) is 0 Å². The van der Waals surface area contributed by atoms with Gasteiger partial charge < -0.3 is 0 Å². The zero-order valence-corrected chi connectivity index (χ0v) is 19.9. The van der Waals surface area contributed by atoms with Gasteiger partial charge in [-0.05, 0) is 0 Å². The van der Waals surface area contributed by atoms with Gasteiger partial charge in [0.2, 0.25) is 0 Å². The van der Waals surface area contributed by atoms with Gasteiger partial charge in [0.05, 0.1) is 0 Å². The molecule has 0 bridgehead atoms. The molecule has 0 amide bonds. The standard InChI is InChI=1S/2C11H11.CH2.2ClH.Zr/c2*1-8-4-3-5-10-9(2)6-7-11(8)10;;;;/h2*3-7H,1-2H3;1H2;2*1H;. The van der Waals surface area contributed by atoms with E-state index in [1.54, 1.807) is 0 Å². The Morgan fingerprint density at radius 3 is 1.50 bits per heavy atom. The van der Waals surface area contributed by atoms with Gasteiger partial charge in [-0.3, -0.25) is 0 Å². The van der Waals surface area contributed by atoms with Crippen molar-refractivity contribution in [1.82, 2.24) is 0 Å². The Labute approximate surface area is 177 Å². The van der Waals surface area contributed by atoms with Gasteiger partial charge in [0.1, 0.15) is 0 Å². The second-order valence-electron chi connectivity index (χ2n) is 7.62. The van der Waals surface area contributed by atoms with Crippen molar-refractivity contribution in [2.45, 2.75) is 33.9 Å². The Morgan fingerprint density at radius 2 is 1.12 bits per heavy atom. The van der Waals surface area contributed by atoms with E-state index in [1.165, 1.54) is 33.4 Å². The Balaban J connectivity index is 0.00000121. The first-order chi connectivity index (χ1) is 11.4. The Hall–Kier alpha value is -0.747. The van der Waals surface area contributed by atoms with Gasteiger partial charge in [-0.15, -0.1) is 24.8 Å². The van der Waals surface area contributed by atoms with Crippen LogP contribution in [0, 0.1) is 13.8 Å². The van der Waals surface area contributed by atoms with Crippen LogP contribution in [0.25, 0.3) is 12.2 Å². The number of hydrogen-bond acceptors (Lipinski definition) is 0. The molecule has 0 N–H and O–H groups in total. The zero-order chi connectivity index (χ0) is 17.1. The Kier molecular flexibility index (Phi) is 6.09. The molecule has 0 fully saturated rings. The molecule has 0 spiro atoms. The van der Waals surface area contributed by atoms with E-state index in [4.69, 9.17) is 4.21 Å². The van der Waals surface area contributed by atoms with Crippen LogP contribution in [0.2, 0.25) is 0 Å². The molecule has 2 unspecified atom stereocenters. The number of aryl methyl sites for hydroxylation is 2. The van der Waals surface area contributed by atoms with Crippen LogP contribution in [0.4, 0.5) is 0 Å². The molecule has 2 aliphatic carbocycles. The normalized spacial score (nSPS) is 24.5. The molecule has 0 heterocycles. The van der Waals surface area contributed by atoms with E-state index in [2.05, 4.69) is 88.4 Å². The molecular formula is C23H26Cl2Zr. The number of rotatable bonds is 2. The minimum absolute atomic E-state index is 0. The summed E-state index contributed by atoms with van der Waals surface area (Å²) >= 11 is -2.18. The van der Waals surface area contributed by atoms with E-state index in [1.807, 2.05) is 0 Å². The van der Waals surface area contributed by atoms with Crippen LogP contribution in [-0.4, -0.2) is 4.21 Å². The monoisotopic (exact) mass is 462 g/mol. The molecule has 136 valence electrons. The molecule has 2 aromatic rings. The van der Waals surface area contributed by atoms with Crippen molar-refractivity contribution in [1.29, 1.82) is 0 Å². The van der Waals surface area contributed by atoms with Crippen molar-refractivity contribution in [3.8, 4) is 0 Å². The van der Waals surface area contributed by atoms with Crippen molar-refractivity contribution in [3.63, 3.8) is 0 Å². The molecule has 0 nitrogen and oxygen atoms in total. The SMILES string of the molecule is Cl.Cl.[CH2]=[Zr]([C]1(C)C=Cc2c(C)cccc21)[C]1(C)C=Cc2c(C)cccc21. The van der Waals surface area contributed by atoms with Crippen LogP contribution in [0.5, 0.6) is 0 Å². The average molecular weight is 465 g/mol. The molecule has 2 aliphatic rings. The zero-order valence-electron chi connectivity index (χ0n) is 15.8. The number of hydrogen-bond donors (Lipinski definition) is 0. The third-order valence-electron chi connectivity index (χ3n) is 6.19. The van der Waals surface area contributed by atoms with Crippen molar-refractivity contribution >= 4 is 41.2 Å². The summed E-state index contributed by atoms with van der Waals surface area (Å²) in [7, 11) is 0. The summed E-state index contributed by atoms with van der Waals surface area (Å²) < 4.78 is 5.19. The van der Waals surface area contributed by atoms with E-state index < -0.39 is 21.3 Å². The number of allylic oxidation sites excluding steroid dienone is 2. The Bertz CT molecular complexity index is 866. The topological polar surface area (TPSA) is 0 Å². The van der Waals surface area contributed by atoms with Crippen LogP contribution in [0.3, 0.4) is 0 Å². The van der Waals surface area contributed by atoms with Gasteiger partial charge in [-0.1, -0.05) is 0 Å². The van der Waals surface area contributed by atoms with Crippen molar-refractivity contribution in [2.24, 2.45) is 0 Å². The van der Waals surface area contributed by atoms with Crippen molar-refractivity contribution < 1.29 is 21.3 Å². The average Bonchev–Trinajstić information content (AvgIpc) is 3.09. The molecule has 2 aromatic carbocycles. The van der Waals surface area contributed by atoms with Crippen molar-refractivity contribution in [3.05, 3.63) is 81.9 Å². The number of halogens is 2. The molecule has 0 aliphatic heterocycles. The van der Waals surface area contributed by atoms with Crippen LogP contribution in [-0.2, 0) is 27.5 Å². The molecule has 0 saturated heterocycles.